The lowest BCUT2D eigenvalue weighted by molar-refractivity contribution is 0.377. The lowest BCUT2D eigenvalue weighted by Crippen LogP contribution is -2.26. The number of hydrogen-bond donors (Lipinski definition) is 2. The molecule has 0 aliphatic heterocycles. The summed E-state index contributed by atoms with van der Waals surface area (Å²) < 4.78 is 0. The molecule has 0 bridgehead atoms. The second-order valence-electron chi connectivity index (χ2n) is 4.20. The Balaban J connectivity index is 2.20. The summed E-state index contributed by atoms with van der Waals surface area (Å²) in [6, 6.07) is 0. The summed E-state index contributed by atoms with van der Waals surface area (Å²) in [5.74, 6) is 0.999. The summed E-state index contributed by atoms with van der Waals surface area (Å²) in [5.41, 5.74) is 0.340. The zero-order chi connectivity index (χ0) is 9.03. The van der Waals surface area contributed by atoms with Gasteiger partial charge in [-0.2, -0.15) is 0 Å². The molecule has 12 heavy (non-hydrogen) atoms. The normalized spacial score (nSPS) is 11.9. The number of hydrogen-bond acceptors (Lipinski definition) is 2. The number of nitrogens with zero attached hydrogens (tertiary/aromatic N) is 1. The molecular formula is C9H17N3. The van der Waals surface area contributed by atoms with E-state index in [2.05, 4.69) is 36.1 Å². The van der Waals surface area contributed by atoms with Crippen molar-refractivity contribution in [2.75, 3.05) is 6.54 Å². The molecule has 68 valence electrons. The SMILES string of the molecule is CC(C)(C)CNCc1ncc[nH]1. The molecule has 0 saturated heterocycles. The first-order chi connectivity index (χ1) is 5.58. The van der Waals surface area contributed by atoms with Gasteiger partial charge in [0.15, 0.2) is 0 Å². The van der Waals surface area contributed by atoms with Crippen molar-refractivity contribution in [1.29, 1.82) is 0 Å². The topological polar surface area (TPSA) is 40.7 Å². The van der Waals surface area contributed by atoms with Gasteiger partial charge in [-0.15, -0.1) is 0 Å². The third-order valence-corrected chi connectivity index (χ3v) is 1.50. The lowest BCUT2D eigenvalue weighted by atomic mass is 9.97. The van der Waals surface area contributed by atoms with Gasteiger partial charge in [-0.25, -0.2) is 4.98 Å². The van der Waals surface area contributed by atoms with Crippen LogP contribution in [0.4, 0.5) is 0 Å². The Labute approximate surface area is 73.6 Å². The van der Waals surface area contributed by atoms with Crippen LogP contribution in [-0.2, 0) is 6.54 Å². The average Bonchev–Trinajstić information content (AvgIpc) is 2.36. The first-order valence-corrected chi connectivity index (χ1v) is 4.27. The molecule has 0 spiro atoms. The fourth-order valence-electron chi connectivity index (χ4n) is 0.951. The van der Waals surface area contributed by atoms with E-state index in [0.717, 1.165) is 18.9 Å². The molecule has 1 heterocycles. The molecule has 0 radical (unpaired) electrons. The Morgan fingerprint density at radius 1 is 1.50 bits per heavy atom. The minimum atomic E-state index is 0.340. The van der Waals surface area contributed by atoms with Gasteiger partial charge < -0.3 is 10.3 Å². The molecule has 0 amide bonds. The first kappa shape index (κ1) is 9.26. The van der Waals surface area contributed by atoms with Gasteiger partial charge in [0, 0.05) is 18.9 Å². The van der Waals surface area contributed by atoms with E-state index in [-0.39, 0.29) is 0 Å². The third kappa shape index (κ3) is 3.53. The molecule has 0 aromatic carbocycles. The third-order valence-electron chi connectivity index (χ3n) is 1.50. The van der Waals surface area contributed by atoms with Gasteiger partial charge >= 0.3 is 0 Å². The quantitative estimate of drug-likeness (QED) is 0.717. The van der Waals surface area contributed by atoms with Crippen molar-refractivity contribution in [3.63, 3.8) is 0 Å². The largest absolute Gasteiger partial charge is 0.348 e. The minimum Gasteiger partial charge on any atom is -0.348 e. The molecule has 3 heteroatoms. The summed E-state index contributed by atoms with van der Waals surface area (Å²) >= 11 is 0. The molecule has 2 N–H and O–H groups in total. The number of imidazole rings is 1. The highest BCUT2D eigenvalue weighted by Gasteiger charge is 2.08. The Kier molecular flexibility index (Phi) is 2.87. The predicted octanol–water partition coefficient (Wildman–Crippen LogP) is 1.55. The van der Waals surface area contributed by atoms with Crippen LogP contribution in [0, 0.1) is 5.41 Å². The molecule has 0 atom stereocenters. The summed E-state index contributed by atoms with van der Waals surface area (Å²) in [6.45, 7) is 8.46. The van der Waals surface area contributed by atoms with Crippen molar-refractivity contribution in [1.82, 2.24) is 15.3 Å². The minimum absolute atomic E-state index is 0.340. The lowest BCUT2D eigenvalue weighted by Gasteiger charge is -2.18. The number of aromatic nitrogens is 2. The Morgan fingerprint density at radius 2 is 2.25 bits per heavy atom. The van der Waals surface area contributed by atoms with E-state index >= 15 is 0 Å². The van der Waals surface area contributed by atoms with Gasteiger partial charge in [-0.05, 0) is 5.41 Å². The molecule has 0 fully saturated rings. The zero-order valence-corrected chi connectivity index (χ0v) is 8.02. The van der Waals surface area contributed by atoms with Gasteiger partial charge in [-0.1, -0.05) is 20.8 Å². The number of rotatable bonds is 3. The van der Waals surface area contributed by atoms with Crippen LogP contribution >= 0.6 is 0 Å². The summed E-state index contributed by atoms with van der Waals surface area (Å²) in [4.78, 5) is 7.17. The van der Waals surface area contributed by atoms with Crippen molar-refractivity contribution in [3.8, 4) is 0 Å². The molecule has 0 aliphatic carbocycles. The van der Waals surface area contributed by atoms with E-state index in [1.165, 1.54) is 0 Å². The highest BCUT2D eigenvalue weighted by atomic mass is 15.0. The maximum atomic E-state index is 4.12. The molecule has 0 unspecified atom stereocenters. The second kappa shape index (κ2) is 3.72. The van der Waals surface area contributed by atoms with Crippen LogP contribution in [-0.4, -0.2) is 16.5 Å². The van der Waals surface area contributed by atoms with Crippen LogP contribution < -0.4 is 5.32 Å². The molecule has 1 aromatic heterocycles. The van der Waals surface area contributed by atoms with Crippen LogP contribution in [0.25, 0.3) is 0 Å². The predicted molar refractivity (Wildman–Crippen MR) is 49.7 cm³/mol. The zero-order valence-electron chi connectivity index (χ0n) is 8.02. The van der Waals surface area contributed by atoms with Crippen LogP contribution in [0.15, 0.2) is 12.4 Å². The average molecular weight is 167 g/mol. The Hall–Kier alpha value is -0.830. The maximum absolute atomic E-state index is 4.12. The summed E-state index contributed by atoms with van der Waals surface area (Å²) in [5, 5.41) is 3.33. The van der Waals surface area contributed by atoms with E-state index in [1.807, 2.05) is 6.20 Å². The highest BCUT2D eigenvalue weighted by Crippen LogP contribution is 2.10. The fourth-order valence-corrected chi connectivity index (χ4v) is 0.951. The van der Waals surface area contributed by atoms with Crippen molar-refractivity contribution in [2.45, 2.75) is 27.3 Å². The van der Waals surface area contributed by atoms with E-state index in [0.29, 0.717) is 5.41 Å². The number of aromatic amines is 1. The van der Waals surface area contributed by atoms with Crippen molar-refractivity contribution < 1.29 is 0 Å². The summed E-state index contributed by atoms with van der Waals surface area (Å²) in [6.07, 6.45) is 3.61. The van der Waals surface area contributed by atoms with Crippen LogP contribution in [0.1, 0.15) is 26.6 Å². The Morgan fingerprint density at radius 3 is 2.75 bits per heavy atom. The molecular weight excluding hydrogens is 150 g/mol. The molecule has 0 aliphatic rings. The van der Waals surface area contributed by atoms with Crippen molar-refractivity contribution >= 4 is 0 Å². The number of nitrogens with one attached hydrogen (secondary N) is 2. The monoisotopic (exact) mass is 167 g/mol. The van der Waals surface area contributed by atoms with E-state index in [4.69, 9.17) is 0 Å². The van der Waals surface area contributed by atoms with Crippen LogP contribution in [0.3, 0.4) is 0 Å². The van der Waals surface area contributed by atoms with Gasteiger partial charge in [0.1, 0.15) is 5.82 Å². The van der Waals surface area contributed by atoms with Crippen LogP contribution in [0.2, 0.25) is 0 Å². The van der Waals surface area contributed by atoms with Gasteiger partial charge in [0.25, 0.3) is 0 Å². The second-order valence-corrected chi connectivity index (χ2v) is 4.20. The van der Waals surface area contributed by atoms with E-state index in [9.17, 15) is 0 Å². The smallest absolute Gasteiger partial charge is 0.120 e. The number of H-pyrrole nitrogens is 1. The Bertz CT molecular complexity index is 208. The van der Waals surface area contributed by atoms with Crippen molar-refractivity contribution in [3.05, 3.63) is 18.2 Å². The van der Waals surface area contributed by atoms with E-state index in [1.54, 1.807) is 6.20 Å². The maximum Gasteiger partial charge on any atom is 0.120 e. The molecule has 0 saturated carbocycles. The highest BCUT2D eigenvalue weighted by molar-refractivity contribution is 4.86. The van der Waals surface area contributed by atoms with Crippen LogP contribution in [0.5, 0.6) is 0 Å². The van der Waals surface area contributed by atoms with E-state index < -0.39 is 0 Å². The molecule has 1 rings (SSSR count). The van der Waals surface area contributed by atoms with Gasteiger partial charge in [-0.3, -0.25) is 0 Å². The molecule has 3 nitrogen and oxygen atoms in total. The standard InChI is InChI=1S/C9H17N3/c1-9(2,3)7-10-6-8-11-4-5-12-8/h4-5,10H,6-7H2,1-3H3,(H,11,12). The summed E-state index contributed by atoms with van der Waals surface area (Å²) in [7, 11) is 0. The van der Waals surface area contributed by atoms with Gasteiger partial charge in [0.2, 0.25) is 0 Å². The first-order valence-electron chi connectivity index (χ1n) is 4.27. The van der Waals surface area contributed by atoms with Crippen molar-refractivity contribution in [2.24, 2.45) is 5.41 Å². The van der Waals surface area contributed by atoms with Gasteiger partial charge in [0.05, 0.1) is 6.54 Å². The molecule has 1 aromatic rings. The fraction of sp³-hybridized carbons (Fsp3) is 0.667.